The number of aryl methyl sites for hydroxylation is 2. The second kappa shape index (κ2) is 6.18. The Balaban J connectivity index is 1.67. The monoisotopic (exact) mass is 296 g/mol. The minimum atomic E-state index is 0.147. The lowest BCUT2D eigenvalue weighted by Gasteiger charge is -2.31. The van der Waals surface area contributed by atoms with E-state index in [1.165, 1.54) is 5.56 Å². The Bertz CT molecular complexity index is 661. The number of aromatic nitrogens is 1. The van der Waals surface area contributed by atoms with E-state index in [2.05, 4.69) is 28.9 Å². The summed E-state index contributed by atoms with van der Waals surface area (Å²) in [5.41, 5.74) is 3.08. The maximum Gasteiger partial charge on any atom is 0.274 e. The van der Waals surface area contributed by atoms with E-state index in [4.69, 9.17) is 0 Å². The van der Waals surface area contributed by atoms with E-state index in [9.17, 15) is 4.79 Å². The van der Waals surface area contributed by atoms with Crippen LogP contribution < -0.4 is 9.88 Å². The van der Waals surface area contributed by atoms with E-state index < -0.39 is 0 Å². The second-order valence-electron chi connectivity index (χ2n) is 5.85. The van der Waals surface area contributed by atoms with E-state index in [1.54, 1.807) is 0 Å². The molecule has 1 aromatic carbocycles. The van der Waals surface area contributed by atoms with Crippen LogP contribution in [0.15, 0.2) is 42.6 Å². The maximum absolute atomic E-state index is 12.7. The molecule has 0 aliphatic carbocycles. The van der Waals surface area contributed by atoms with Crippen LogP contribution in [0, 0.1) is 13.8 Å². The van der Waals surface area contributed by atoms with E-state index in [-0.39, 0.29) is 5.91 Å². The normalized spacial score (nSPS) is 15.0. The highest BCUT2D eigenvalue weighted by Gasteiger charge is 2.27. The van der Waals surface area contributed by atoms with Gasteiger partial charge in [-0.25, -0.2) is 4.98 Å². The number of amides is 1. The molecule has 1 aromatic heterocycles. The molecule has 1 aliphatic heterocycles. The molecule has 0 unspecified atom stereocenters. The van der Waals surface area contributed by atoms with Gasteiger partial charge in [-0.15, -0.1) is 0 Å². The summed E-state index contributed by atoms with van der Waals surface area (Å²) in [6.07, 6.45) is 1.93. The molecule has 1 saturated heterocycles. The van der Waals surface area contributed by atoms with Crippen molar-refractivity contribution in [3.05, 3.63) is 59.3 Å². The van der Waals surface area contributed by atoms with E-state index >= 15 is 0 Å². The molecule has 0 spiro atoms. The molecule has 22 heavy (non-hydrogen) atoms. The highest BCUT2D eigenvalue weighted by molar-refractivity contribution is 5.95. The van der Waals surface area contributed by atoms with Crippen molar-refractivity contribution < 1.29 is 9.78 Å². The first-order chi connectivity index (χ1) is 10.6. The number of piperazine rings is 1. The first kappa shape index (κ1) is 14.6. The van der Waals surface area contributed by atoms with Crippen molar-refractivity contribution in [3.8, 4) is 0 Å². The third kappa shape index (κ3) is 2.96. The molecular weight excluding hydrogens is 274 g/mol. The number of benzene rings is 1. The van der Waals surface area contributed by atoms with E-state index in [1.807, 2.05) is 42.3 Å². The summed E-state index contributed by atoms with van der Waals surface area (Å²) in [6.45, 7) is 7.30. The van der Waals surface area contributed by atoms with Gasteiger partial charge in [0.25, 0.3) is 11.7 Å². The molecule has 0 bridgehead atoms. The number of anilines is 1. The zero-order valence-electron chi connectivity index (χ0n) is 13.2. The van der Waals surface area contributed by atoms with E-state index in [0.29, 0.717) is 0 Å². The first-order valence-corrected chi connectivity index (χ1v) is 7.73. The van der Waals surface area contributed by atoms with Crippen LogP contribution in [0.3, 0.4) is 0 Å². The summed E-state index contributed by atoms with van der Waals surface area (Å²) >= 11 is 0. The lowest BCUT2D eigenvalue weighted by Crippen LogP contribution is -2.50. The van der Waals surface area contributed by atoms with Gasteiger partial charge in [0, 0.05) is 11.6 Å². The van der Waals surface area contributed by atoms with Crippen LogP contribution in [-0.2, 0) is 0 Å². The summed E-state index contributed by atoms with van der Waals surface area (Å²) < 4.78 is 0. The third-order valence-corrected chi connectivity index (χ3v) is 4.21. The fourth-order valence-electron chi connectivity index (χ4n) is 2.95. The van der Waals surface area contributed by atoms with Gasteiger partial charge in [-0.3, -0.25) is 9.69 Å². The van der Waals surface area contributed by atoms with Crippen LogP contribution in [0.4, 0.5) is 5.82 Å². The molecule has 4 nitrogen and oxygen atoms in total. The maximum atomic E-state index is 12.7. The highest BCUT2D eigenvalue weighted by atomic mass is 16.2. The Morgan fingerprint density at radius 3 is 2.45 bits per heavy atom. The van der Waals surface area contributed by atoms with Crippen LogP contribution in [0.1, 0.15) is 21.5 Å². The summed E-state index contributed by atoms with van der Waals surface area (Å²) in [6, 6.07) is 12.1. The zero-order chi connectivity index (χ0) is 15.5. The average Bonchev–Trinajstić information content (AvgIpc) is 2.55. The van der Waals surface area contributed by atoms with Crippen LogP contribution >= 0.6 is 0 Å². The van der Waals surface area contributed by atoms with Crippen LogP contribution in [0.5, 0.6) is 0 Å². The van der Waals surface area contributed by atoms with Gasteiger partial charge in [0.05, 0.1) is 19.3 Å². The van der Waals surface area contributed by atoms with Gasteiger partial charge in [0.15, 0.2) is 0 Å². The van der Waals surface area contributed by atoms with Gasteiger partial charge in [-0.05, 0) is 31.5 Å². The predicted molar refractivity (Wildman–Crippen MR) is 87.0 cm³/mol. The Hall–Kier alpha value is -2.36. The molecule has 3 rings (SSSR count). The molecule has 2 heterocycles. The molecule has 1 amide bonds. The highest BCUT2D eigenvalue weighted by Crippen LogP contribution is 2.16. The van der Waals surface area contributed by atoms with Gasteiger partial charge in [-0.2, -0.15) is 0 Å². The van der Waals surface area contributed by atoms with Crippen LogP contribution in [0.25, 0.3) is 0 Å². The predicted octanol–water partition coefficient (Wildman–Crippen LogP) is 2.08. The van der Waals surface area contributed by atoms with Crippen LogP contribution in [0.2, 0.25) is 0 Å². The topological polar surface area (TPSA) is 37.7 Å². The minimum Gasteiger partial charge on any atom is -0.331 e. The fraction of sp³-hybridized carbons (Fsp3) is 0.333. The van der Waals surface area contributed by atoms with Crippen molar-refractivity contribution in [1.82, 2.24) is 4.90 Å². The smallest absolute Gasteiger partial charge is 0.274 e. The number of hydrogen-bond donors (Lipinski definition) is 0. The average molecular weight is 296 g/mol. The molecule has 2 aromatic rings. The third-order valence-electron chi connectivity index (χ3n) is 4.21. The second-order valence-corrected chi connectivity index (χ2v) is 5.85. The molecule has 1 aliphatic rings. The molecular formula is C18H22N3O+. The number of rotatable bonds is 2. The molecule has 1 N–H and O–H groups in total. The molecule has 4 heteroatoms. The van der Waals surface area contributed by atoms with Crippen molar-refractivity contribution >= 4 is 11.7 Å². The van der Waals surface area contributed by atoms with Crippen molar-refractivity contribution in [2.75, 3.05) is 31.1 Å². The number of H-pyrrole nitrogens is 1. The summed E-state index contributed by atoms with van der Waals surface area (Å²) in [5.74, 6) is 1.26. The van der Waals surface area contributed by atoms with Crippen molar-refractivity contribution in [1.29, 1.82) is 0 Å². The SMILES string of the molecule is Cc1ccc(C(=O)N2CCN(c3cccc[nH+]3)CC2)c(C)c1. The number of aromatic amines is 1. The first-order valence-electron chi connectivity index (χ1n) is 7.73. The Labute approximate surface area is 131 Å². The Morgan fingerprint density at radius 2 is 1.82 bits per heavy atom. The van der Waals surface area contributed by atoms with Crippen molar-refractivity contribution in [2.45, 2.75) is 13.8 Å². The van der Waals surface area contributed by atoms with E-state index in [0.717, 1.165) is 43.1 Å². The summed E-state index contributed by atoms with van der Waals surface area (Å²) in [4.78, 5) is 20.2. The van der Waals surface area contributed by atoms with Gasteiger partial charge < -0.3 is 4.90 Å². The van der Waals surface area contributed by atoms with Gasteiger partial charge >= 0.3 is 0 Å². The van der Waals surface area contributed by atoms with Crippen molar-refractivity contribution in [3.63, 3.8) is 0 Å². The number of hydrogen-bond acceptors (Lipinski definition) is 2. The number of carbonyl (C=O) groups is 1. The van der Waals surface area contributed by atoms with Gasteiger partial charge in [0.2, 0.25) is 0 Å². The molecule has 0 radical (unpaired) electrons. The fourth-order valence-corrected chi connectivity index (χ4v) is 2.95. The Morgan fingerprint density at radius 1 is 1.05 bits per heavy atom. The number of carbonyl (C=O) groups excluding carboxylic acids is 1. The quantitative estimate of drug-likeness (QED) is 0.851. The number of pyridine rings is 1. The Kier molecular flexibility index (Phi) is 4.09. The summed E-state index contributed by atoms with van der Waals surface area (Å²) in [5, 5.41) is 0. The molecule has 0 saturated carbocycles. The molecule has 114 valence electrons. The molecule has 0 atom stereocenters. The number of nitrogens with zero attached hydrogens (tertiary/aromatic N) is 2. The summed E-state index contributed by atoms with van der Waals surface area (Å²) in [7, 11) is 0. The standard InChI is InChI=1S/C18H21N3O/c1-14-6-7-16(15(2)13-14)18(22)21-11-9-20(10-12-21)17-5-3-4-8-19-17/h3-8,13H,9-12H2,1-2H3/p+1. The lowest BCUT2D eigenvalue weighted by atomic mass is 10.0. The van der Waals surface area contributed by atoms with Gasteiger partial charge in [-0.1, -0.05) is 23.8 Å². The van der Waals surface area contributed by atoms with Gasteiger partial charge in [0.1, 0.15) is 13.1 Å². The largest absolute Gasteiger partial charge is 0.331 e. The van der Waals surface area contributed by atoms with Crippen molar-refractivity contribution in [2.24, 2.45) is 0 Å². The molecule has 1 fully saturated rings. The zero-order valence-corrected chi connectivity index (χ0v) is 13.2. The van der Waals surface area contributed by atoms with Crippen LogP contribution in [-0.4, -0.2) is 37.0 Å². The lowest BCUT2D eigenvalue weighted by molar-refractivity contribution is -0.364. The minimum absolute atomic E-state index is 0.147. The number of nitrogens with one attached hydrogen (secondary N) is 1.